The summed E-state index contributed by atoms with van der Waals surface area (Å²) in [6.07, 6.45) is -1.83. The second-order valence-corrected chi connectivity index (χ2v) is 2.01. The first-order valence-electron chi connectivity index (χ1n) is 2.23. The smallest absolute Gasteiger partial charge is 0.450 e. The van der Waals surface area contributed by atoms with E-state index in [1.807, 2.05) is 0 Å². The van der Waals surface area contributed by atoms with Crippen molar-refractivity contribution in [3.05, 3.63) is 0 Å². The lowest BCUT2D eigenvalue weighted by Gasteiger charge is -1.76. The first kappa shape index (κ1) is 9.34. The van der Waals surface area contributed by atoms with Gasteiger partial charge >= 0.3 is 17.5 Å². The molecule has 0 radical (unpaired) electrons. The Morgan fingerprint density at radius 2 is 1.60 bits per heavy atom. The maximum atomic E-state index is 9.91. The summed E-state index contributed by atoms with van der Waals surface area (Å²) < 4.78 is 18.7. The van der Waals surface area contributed by atoms with Gasteiger partial charge in [0.1, 0.15) is 0 Å². The predicted molar refractivity (Wildman–Crippen MR) is 30.7 cm³/mol. The summed E-state index contributed by atoms with van der Waals surface area (Å²) in [6, 6.07) is 0. The lowest BCUT2D eigenvalue weighted by molar-refractivity contribution is 0.137. The lowest BCUT2D eigenvalue weighted by atomic mass is 10.8. The zero-order valence-electron chi connectivity index (χ0n) is 4.85. The summed E-state index contributed by atoms with van der Waals surface area (Å²) in [6.45, 7) is 0.930. The van der Waals surface area contributed by atoms with E-state index in [0.29, 0.717) is 13.2 Å². The zero-order chi connectivity index (χ0) is 7.98. The molecule has 10 heavy (non-hydrogen) atoms. The molecule has 2 N–H and O–H groups in total. The SMILES string of the molecule is O=C(O)O.O=S1OCCO1. The van der Waals surface area contributed by atoms with Crippen molar-refractivity contribution < 1.29 is 27.6 Å². The molecule has 1 rings (SSSR count). The van der Waals surface area contributed by atoms with Gasteiger partial charge in [-0.15, -0.1) is 0 Å². The van der Waals surface area contributed by atoms with Gasteiger partial charge in [0.25, 0.3) is 0 Å². The molecule has 0 aliphatic carbocycles. The van der Waals surface area contributed by atoms with Crippen LogP contribution in [0.5, 0.6) is 0 Å². The summed E-state index contributed by atoms with van der Waals surface area (Å²) in [4.78, 5) is 8.56. The summed E-state index contributed by atoms with van der Waals surface area (Å²) in [5.41, 5.74) is 0. The average Bonchev–Trinajstić information content (AvgIpc) is 2.15. The Morgan fingerprint density at radius 1 is 1.30 bits per heavy atom. The Morgan fingerprint density at radius 3 is 1.70 bits per heavy atom. The van der Waals surface area contributed by atoms with Crippen LogP contribution in [0.3, 0.4) is 0 Å². The summed E-state index contributed by atoms with van der Waals surface area (Å²) in [7, 11) is 0. The molecule has 0 saturated carbocycles. The van der Waals surface area contributed by atoms with Gasteiger partial charge in [0.05, 0.1) is 13.2 Å². The Kier molecular flexibility index (Phi) is 4.81. The normalized spacial score (nSPS) is 17.6. The van der Waals surface area contributed by atoms with Gasteiger partial charge in [-0.2, -0.15) is 4.21 Å². The third-order valence-corrected chi connectivity index (χ3v) is 1.16. The second kappa shape index (κ2) is 5.15. The van der Waals surface area contributed by atoms with Crippen LogP contribution in [0.2, 0.25) is 0 Å². The molecule has 1 aliphatic heterocycles. The predicted octanol–water partition coefficient (Wildman–Crippen LogP) is -0.166. The first-order chi connectivity index (χ1) is 4.63. The summed E-state index contributed by atoms with van der Waals surface area (Å²) >= 11 is -1.42. The van der Waals surface area contributed by atoms with E-state index in [1.165, 1.54) is 0 Å². The quantitative estimate of drug-likeness (QED) is 0.524. The van der Waals surface area contributed by atoms with Crippen molar-refractivity contribution >= 4 is 17.5 Å². The standard InChI is InChI=1S/C2H4O3S.CH2O3/c3-6-4-1-2-5-6;2-1(3)4/h1-2H2;(H2,2,3,4). The number of hydrogen-bond acceptors (Lipinski definition) is 4. The van der Waals surface area contributed by atoms with E-state index in [2.05, 4.69) is 8.37 Å². The maximum Gasteiger partial charge on any atom is 0.503 e. The van der Waals surface area contributed by atoms with Gasteiger partial charge in [0, 0.05) is 0 Å². The minimum atomic E-state index is -1.83. The molecule has 1 fully saturated rings. The van der Waals surface area contributed by atoms with Crippen molar-refractivity contribution in [1.29, 1.82) is 0 Å². The number of carbonyl (C=O) groups is 1. The van der Waals surface area contributed by atoms with Crippen molar-refractivity contribution in [3.8, 4) is 0 Å². The highest BCUT2D eigenvalue weighted by molar-refractivity contribution is 7.75. The molecule has 0 aromatic carbocycles. The molecule has 1 aliphatic rings. The zero-order valence-corrected chi connectivity index (χ0v) is 5.67. The van der Waals surface area contributed by atoms with Crippen LogP contribution >= 0.6 is 0 Å². The van der Waals surface area contributed by atoms with Crippen LogP contribution in [0.4, 0.5) is 4.79 Å². The van der Waals surface area contributed by atoms with Gasteiger partial charge in [-0.25, -0.2) is 4.79 Å². The van der Waals surface area contributed by atoms with Crippen LogP contribution in [0.25, 0.3) is 0 Å². The summed E-state index contributed by atoms with van der Waals surface area (Å²) in [5.74, 6) is 0. The highest BCUT2D eigenvalue weighted by atomic mass is 32.2. The molecule has 1 saturated heterocycles. The molecular weight excluding hydrogens is 164 g/mol. The third-order valence-electron chi connectivity index (χ3n) is 0.442. The Balaban J connectivity index is 0.000000180. The van der Waals surface area contributed by atoms with E-state index in [4.69, 9.17) is 15.0 Å². The first-order valence-corrected chi connectivity index (χ1v) is 3.23. The largest absolute Gasteiger partial charge is 0.503 e. The Bertz CT molecular complexity index is 121. The fourth-order valence-electron chi connectivity index (χ4n) is 0.238. The molecule has 0 aromatic heterocycles. The molecule has 6 nitrogen and oxygen atoms in total. The fourth-order valence-corrected chi connectivity index (χ4v) is 0.714. The molecule has 0 unspecified atom stereocenters. The van der Waals surface area contributed by atoms with Crippen LogP contribution < -0.4 is 0 Å². The number of rotatable bonds is 0. The minimum Gasteiger partial charge on any atom is -0.450 e. The maximum absolute atomic E-state index is 9.91. The van der Waals surface area contributed by atoms with Gasteiger partial charge in [0.15, 0.2) is 0 Å². The second-order valence-electron chi connectivity index (χ2n) is 1.13. The number of hydrogen-bond donors (Lipinski definition) is 2. The Labute approximate surface area is 59.2 Å². The summed E-state index contributed by atoms with van der Waals surface area (Å²) in [5, 5.41) is 13.9. The molecule has 0 amide bonds. The third kappa shape index (κ3) is 7.34. The van der Waals surface area contributed by atoms with Crippen molar-refractivity contribution in [2.75, 3.05) is 13.2 Å². The topological polar surface area (TPSA) is 93.1 Å². The minimum absolute atomic E-state index is 0.465. The van der Waals surface area contributed by atoms with Crippen molar-refractivity contribution in [1.82, 2.24) is 0 Å². The number of carboxylic acid groups (broad SMARTS) is 2. The van der Waals surface area contributed by atoms with Crippen molar-refractivity contribution in [2.45, 2.75) is 0 Å². The van der Waals surface area contributed by atoms with Crippen LogP contribution in [0.15, 0.2) is 0 Å². The van der Waals surface area contributed by atoms with E-state index < -0.39 is 17.5 Å². The molecule has 1 heterocycles. The van der Waals surface area contributed by atoms with Crippen molar-refractivity contribution in [3.63, 3.8) is 0 Å². The lowest BCUT2D eigenvalue weighted by Crippen LogP contribution is -1.81. The van der Waals surface area contributed by atoms with E-state index in [-0.39, 0.29) is 0 Å². The van der Waals surface area contributed by atoms with E-state index in [1.54, 1.807) is 0 Å². The molecule has 0 spiro atoms. The fraction of sp³-hybridized carbons (Fsp3) is 0.667. The van der Waals surface area contributed by atoms with Gasteiger partial charge in [-0.1, -0.05) is 0 Å². The van der Waals surface area contributed by atoms with E-state index in [9.17, 15) is 4.21 Å². The van der Waals surface area contributed by atoms with Crippen LogP contribution in [0, 0.1) is 0 Å². The van der Waals surface area contributed by atoms with Crippen LogP contribution in [-0.2, 0) is 19.7 Å². The molecule has 7 heteroatoms. The molecular formula is C3H6O6S. The van der Waals surface area contributed by atoms with Crippen molar-refractivity contribution in [2.24, 2.45) is 0 Å². The molecule has 0 bridgehead atoms. The van der Waals surface area contributed by atoms with E-state index >= 15 is 0 Å². The van der Waals surface area contributed by atoms with Crippen LogP contribution in [-0.4, -0.2) is 33.8 Å². The van der Waals surface area contributed by atoms with Gasteiger partial charge < -0.3 is 10.2 Å². The monoisotopic (exact) mass is 170 g/mol. The molecule has 60 valence electrons. The molecule has 0 aromatic rings. The highest BCUT2D eigenvalue weighted by Crippen LogP contribution is 1.95. The molecule has 0 atom stereocenters. The highest BCUT2D eigenvalue weighted by Gasteiger charge is 2.07. The van der Waals surface area contributed by atoms with Gasteiger partial charge in [0.2, 0.25) is 0 Å². The average molecular weight is 170 g/mol. The van der Waals surface area contributed by atoms with Gasteiger partial charge in [-0.05, 0) is 0 Å². The van der Waals surface area contributed by atoms with Crippen LogP contribution in [0.1, 0.15) is 0 Å². The van der Waals surface area contributed by atoms with Gasteiger partial charge in [-0.3, -0.25) is 8.37 Å². The Hall–Kier alpha value is -0.660. The van der Waals surface area contributed by atoms with E-state index in [0.717, 1.165) is 0 Å².